The molecular weight excluding hydrogens is 632 g/mol. The standard InChI is InChI=1S/C29H30Br2N2O2S2/c1-4-6-7-21(5-2)18-35-29(23(17-33)13-27-15-25(31)20-37-27)10-8-28(34-3,9-11-29)22(16-32)12-26-14-24(30)19-36-26/h8-15,19-21H,4-7,18H2,1-3H3. The van der Waals surface area contributed by atoms with Gasteiger partial charge in [-0.05, 0) is 92.8 Å². The molecule has 0 fully saturated rings. The Balaban J connectivity index is 2.02. The zero-order chi connectivity index (χ0) is 26.9. The molecule has 0 amide bonds. The van der Waals surface area contributed by atoms with Gasteiger partial charge in [-0.2, -0.15) is 10.5 Å². The fourth-order valence-corrected chi connectivity index (χ4v) is 6.85. The first-order valence-corrected chi connectivity index (χ1v) is 15.5. The molecule has 0 aliphatic heterocycles. The number of rotatable bonds is 12. The minimum absolute atomic E-state index is 0.399. The Morgan fingerprint density at radius 2 is 1.46 bits per heavy atom. The zero-order valence-electron chi connectivity index (χ0n) is 21.2. The van der Waals surface area contributed by atoms with Crippen molar-refractivity contribution in [2.45, 2.75) is 50.7 Å². The van der Waals surface area contributed by atoms with Crippen LogP contribution in [0.3, 0.4) is 0 Å². The highest BCUT2D eigenvalue weighted by atomic mass is 79.9. The lowest BCUT2D eigenvalue weighted by molar-refractivity contribution is 0.0218. The first-order valence-electron chi connectivity index (χ1n) is 12.2. The van der Waals surface area contributed by atoms with Crippen LogP contribution in [-0.2, 0) is 9.47 Å². The van der Waals surface area contributed by atoms with E-state index in [2.05, 4.69) is 57.8 Å². The number of unbranched alkanes of at least 4 members (excludes halogenated alkanes) is 1. The highest BCUT2D eigenvalue weighted by molar-refractivity contribution is 9.10. The number of nitrogens with zero attached hydrogens (tertiary/aromatic N) is 2. The molecule has 0 N–H and O–H groups in total. The van der Waals surface area contributed by atoms with E-state index in [1.54, 1.807) is 29.8 Å². The Kier molecular flexibility index (Phi) is 11.1. The predicted molar refractivity (Wildman–Crippen MR) is 161 cm³/mol. The molecule has 0 radical (unpaired) electrons. The molecule has 2 aromatic rings. The van der Waals surface area contributed by atoms with Crippen molar-refractivity contribution in [3.63, 3.8) is 0 Å². The zero-order valence-corrected chi connectivity index (χ0v) is 26.0. The number of ether oxygens (including phenoxy) is 2. The molecule has 37 heavy (non-hydrogen) atoms. The van der Waals surface area contributed by atoms with E-state index in [0.717, 1.165) is 44.4 Å². The molecule has 0 saturated heterocycles. The van der Waals surface area contributed by atoms with Crippen LogP contribution in [0, 0.1) is 28.6 Å². The van der Waals surface area contributed by atoms with E-state index in [1.807, 2.05) is 59.3 Å². The molecule has 0 saturated carbocycles. The first-order chi connectivity index (χ1) is 17.8. The van der Waals surface area contributed by atoms with Crippen molar-refractivity contribution < 1.29 is 9.47 Å². The van der Waals surface area contributed by atoms with Crippen LogP contribution in [0.5, 0.6) is 0 Å². The van der Waals surface area contributed by atoms with Crippen LogP contribution < -0.4 is 0 Å². The van der Waals surface area contributed by atoms with Gasteiger partial charge in [-0.25, -0.2) is 0 Å². The van der Waals surface area contributed by atoms with Crippen LogP contribution in [0.4, 0.5) is 0 Å². The van der Waals surface area contributed by atoms with Gasteiger partial charge in [0.25, 0.3) is 0 Å². The first kappa shape index (κ1) is 29.8. The molecule has 0 bridgehead atoms. The smallest absolute Gasteiger partial charge is 0.140 e. The molecule has 2 aromatic heterocycles. The van der Waals surface area contributed by atoms with Gasteiger partial charge < -0.3 is 9.47 Å². The second-order valence-corrected chi connectivity index (χ2v) is 12.6. The maximum atomic E-state index is 10.2. The molecule has 0 spiro atoms. The van der Waals surface area contributed by atoms with Crippen molar-refractivity contribution in [3.05, 3.63) is 77.0 Å². The summed E-state index contributed by atoms with van der Waals surface area (Å²) in [6, 6.07) is 8.65. The Morgan fingerprint density at radius 1 is 0.946 bits per heavy atom. The van der Waals surface area contributed by atoms with Gasteiger partial charge in [0.1, 0.15) is 11.2 Å². The molecule has 1 aliphatic rings. The van der Waals surface area contributed by atoms with Crippen molar-refractivity contribution >= 4 is 66.7 Å². The second-order valence-electron chi connectivity index (χ2n) is 8.86. The van der Waals surface area contributed by atoms with Crippen molar-refractivity contribution in [1.82, 2.24) is 0 Å². The van der Waals surface area contributed by atoms with E-state index in [4.69, 9.17) is 9.47 Å². The van der Waals surface area contributed by atoms with E-state index >= 15 is 0 Å². The van der Waals surface area contributed by atoms with Gasteiger partial charge >= 0.3 is 0 Å². The maximum absolute atomic E-state index is 10.2. The molecule has 2 heterocycles. The Bertz CT molecular complexity index is 1260. The molecule has 1 atom stereocenters. The van der Waals surface area contributed by atoms with Gasteiger partial charge in [0.05, 0.1) is 29.9 Å². The number of nitriles is 2. The summed E-state index contributed by atoms with van der Waals surface area (Å²) in [5.74, 6) is 0.399. The number of hydrogen-bond acceptors (Lipinski definition) is 6. The lowest BCUT2D eigenvalue weighted by atomic mass is 9.80. The van der Waals surface area contributed by atoms with Crippen LogP contribution in [-0.4, -0.2) is 24.9 Å². The third-order valence-electron chi connectivity index (χ3n) is 6.43. The summed E-state index contributed by atoms with van der Waals surface area (Å²) in [5.41, 5.74) is -1.19. The summed E-state index contributed by atoms with van der Waals surface area (Å²) in [7, 11) is 1.58. The summed E-state index contributed by atoms with van der Waals surface area (Å²) in [6.07, 6.45) is 15.5. The van der Waals surface area contributed by atoms with Gasteiger partial charge in [-0.1, -0.05) is 33.1 Å². The normalized spacial score (nSPS) is 22.6. The van der Waals surface area contributed by atoms with Gasteiger partial charge in [0.2, 0.25) is 0 Å². The van der Waals surface area contributed by atoms with E-state index in [0.29, 0.717) is 23.7 Å². The summed E-state index contributed by atoms with van der Waals surface area (Å²) < 4.78 is 14.4. The summed E-state index contributed by atoms with van der Waals surface area (Å²) in [6.45, 7) is 4.90. The van der Waals surface area contributed by atoms with Crippen LogP contribution >= 0.6 is 54.5 Å². The molecule has 1 aliphatic carbocycles. The summed E-state index contributed by atoms with van der Waals surface area (Å²) in [5, 5.41) is 24.2. The number of hydrogen-bond donors (Lipinski definition) is 0. The van der Waals surface area contributed by atoms with E-state index in [1.165, 1.54) is 0 Å². The molecule has 0 aromatic carbocycles. The quantitative estimate of drug-likeness (QED) is 0.168. The third kappa shape index (κ3) is 7.41. The molecule has 8 heteroatoms. The Labute approximate surface area is 244 Å². The fourth-order valence-electron chi connectivity index (χ4n) is 4.10. The third-order valence-corrected chi connectivity index (χ3v) is 9.71. The second kappa shape index (κ2) is 13.8. The van der Waals surface area contributed by atoms with Crippen molar-refractivity contribution in [3.8, 4) is 12.1 Å². The number of halogens is 2. The van der Waals surface area contributed by atoms with Crippen LogP contribution in [0.15, 0.2) is 67.3 Å². The highest BCUT2D eigenvalue weighted by Gasteiger charge is 2.40. The van der Waals surface area contributed by atoms with E-state index < -0.39 is 11.2 Å². The van der Waals surface area contributed by atoms with Crippen molar-refractivity contribution in [2.24, 2.45) is 5.92 Å². The summed E-state index contributed by atoms with van der Waals surface area (Å²) in [4.78, 5) is 1.90. The monoisotopic (exact) mass is 660 g/mol. The topological polar surface area (TPSA) is 66.0 Å². The van der Waals surface area contributed by atoms with Gasteiger partial charge in [0, 0.05) is 36.6 Å². The largest absolute Gasteiger partial charge is 0.365 e. The molecule has 3 rings (SSSR count). The molecule has 194 valence electrons. The lowest BCUT2D eigenvalue weighted by Crippen LogP contribution is -2.39. The average Bonchev–Trinajstić information content (AvgIpc) is 3.53. The van der Waals surface area contributed by atoms with Crippen molar-refractivity contribution in [2.75, 3.05) is 13.7 Å². The van der Waals surface area contributed by atoms with Crippen LogP contribution in [0.25, 0.3) is 12.2 Å². The average molecular weight is 663 g/mol. The number of thiophene rings is 2. The SMILES string of the molecule is CCCCC(CC)COC1(C(C#N)=Cc2cc(Br)cs2)C=CC(OC)(C(C#N)=Cc2cc(Br)cs2)C=C1. The molecular formula is C29H30Br2N2O2S2. The predicted octanol–water partition coefficient (Wildman–Crippen LogP) is 9.33. The van der Waals surface area contributed by atoms with Crippen LogP contribution in [0.1, 0.15) is 49.3 Å². The van der Waals surface area contributed by atoms with Gasteiger partial charge in [0.15, 0.2) is 0 Å². The molecule has 1 unspecified atom stereocenters. The van der Waals surface area contributed by atoms with Gasteiger partial charge in [-0.15, -0.1) is 22.7 Å². The van der Waals surface area contributed by atoms with Gasteiger partial charge in [-0.3, -0.25) is 0 Å². The Morgan fingerprint density at radius 3 is 1.86 bits per heavy atom. The minimum atomic E-state index is -1.06. The molecule has 4 nitrogen and oxygen atoms in total. The van der Waals surface area contributed by atoms with Crippen molar-refractivity contribution in [1.29, 1.82) is 10.5 Å². The lowest BCUT2D eigenvalue weighted by Gasteiger charge is -2.36. The van der Waals surface area contributed by atoms with E-state index in [9.17, 15) is 10.5 Å². The van der Waals surface area contributed by atoms with Crippen LogP contribution in [0.2, 0.25) is 0 Å². The Hall–Kier alpha value is -1.78. The fraction of sp³-hybridized carbons (Fsp3) is 0.379. The minimum Gasteiger partial charge on any atom is -0.365 e. The summed E-state index contributed by atoms with van der Waals surface area (Å²) >= 11 is 10.1. The highest BCUT2D eigenvalue weighted by Crippen LogP contribution is 2.39. The maximum Gasteiger partial charge on any atom is 0.140 e. The van der Waals surface area contributed by atoms with E-state index in [-0.39, 0.29) is 0 Å². The number of methoxy groups -OCH3 is 1.